The topological polar surface area (TPSA) is 36.3 Å². The van der Waals surface area contributed by atoms with Gasteiger partial charge in [-0.15, -0.1) is 0 Å². The number of benzene rings is 2. The van der Waals surface area contributed by atoms with Gasteiger partial charge in [0.2, 0.25) is 0 Å². The van der Waals surface area contributed by atoms with Gasteiger partial charge in [-0.3, -0.25) is 4.57 Å². The van der Waals surface area contributed by atoms with Crippen LogP contribution in [0.1, 0.15) is 37.7 Å². The van der Waals surface area contributed by atoms with Crippen molar-refractivity contribution in [1.29, 1.82) is 0 Å². The lowest BCUT2D eigenvalue weighted by Gasteiger charge is -2.22. The predicted octanol–water partition coefficient (Wildman–Crippen LogP) is 5.14. The number of rotatable bonds is 5. The summed E-state index contributed by atoms with van der Waals surface area (Å²) in [5, 5.41) is 0. The van der Waals surface area contributed by atoms with Gasteiger partial charge in [0.15, 0.2) is 17.4 Å². The van der Waals surface area contributed by atoms with Crippen molar-refractivity contribution in [2.24, 2.45) is 7.05 Å². The Morgan fingerprint density at radius 2 is 1.85 bits per heavy atom. The molecule has 1 aromatic heterocycles. The van der Waals surface area contributed by atoms with Crippen molar-refractivity contribution in [2.75, 3.05) is 0 Å². The molecule has 0 spiro atoms. The Kier molecular flexibility index (Phi) is 4.97. The zero-order valence-corrected chi connectivity index (χ0v) is 15.3. The molecule has 4 nitrogen and oxygen atoms in total. The Labute approximate surface area is 156 Å². The molecule has 0 amide bonds. The minimum Gasteiger partial charge on any atom is -0.486 e. The third kappa shape index (κ3) is 3.61. The highest BCUT2D eigenvalue weighted by molar-refractivity contribution is 5.80. The van der Waals surface area contributed by atoms with Gasteiger partial charge in [-0.1, -0.05) is 36.8 Å². The summed E-state index contributed by atoms with van der Waals surface area (Å²) in [5.41, 5.74) is 0.903. The molecule has 0 N–H and O–H groups in total. The summed E-state index contributed by atoms with van der Waals surface area (Å²) in [6, 6.07) is 10.7. The average Bonchev–Trinajstić information content (AvgIpc) is 3.02. The number of ether oxygens (including phenoxy) is 2. The Hall–Kier alpha value is -2.63. The maximum atomic E-state index is 15.0. The van der Waals surface area contributed by atoms with E-state index in [0.717, 1.165) is 37.3 Å². The fraction of sp³-hybridized carbons (Fsp3) is 0.381. The highest BCUT2D eigenvalue weighted by Crippen LogP contribution is 2.33. The number of imidazole rings is 1. The first-order valence-electron chi connectivity index (χ1n) is 9.31. The third-order valence-electron chi connectivity index (χ3n) is 5.02. The summed E-state index contributed by atoms with van der Waals surface area (Å²) < 4.78 is 42.5. The largest absolute Gasteiger partial charge is 0.486 e. The second kappa shape index (κ2) is 7.55. The molecule has 0 atom stereocenters. The molecule has 1 aliphatic rings. The van der Waals surface area contributed by atoms with E-state index in [2.05, 4.69) is 4.98 Å². The predicted molar refractivity (Wildman–Crippen MR) is 98.9 cm³/mol. The van der Waals surface area contributed by atoms with Crippen molar-refractivity contribution >= 4 is 11.0 Å². The van der Waals surface area contributed by atoms with Crippen LogP contribution in [0.2, 0.25) is 0 Å². The van der Waals surface area contributed by atoms with Crippen molar-refractivity contribution in [3.8, 4) is 11.8 Å². The summed E-state index contributed by atoms with van der Waals surface area (Å²) in [4.78, 5) is 4.20. The number of aryl methyl sites for hydroxylation is 1. The van der Waals surface area contributed by atoms with Crippen molar-refractivity contribution in [3.05, 3.63) is 53.6 Å². The van der Waals surface area contributed by atoms with Gasteiger partial charge in [-0.2, -0.15) is 4.98 Å². The smallest absolute Gasteiger partial charge is 0.297 e. The van der Waals surface area contributed by atoms with Crippen LogP contribution in [0, 0.1) is 11.6 Å². The molecule has 0 saturated heterocycles. The molecule has 4 rings (SSSR count). The number of nitrogens with zero attached hydrogens (tertiary/aromatic N) is 2. The SMILES string of the molecule is Cn1c(OC2CCCCC2)nc2c(F)cc(OCc3ccccc3)c(F)c21. The highest BCUT2D eigenvalue weighted by atomic mass is 19.1. The molecule has 0 radical (unpaired) electrons. The summed E-state index contributed by atoms with van der Waals surface area (Å²) in [5.74, 6) is -1.38. The molecule has 0 aliphatic heterocycles. The van der Waals surface area contributed by atoms with Gasteiger partial charge in [-0.05, 0) is 31.2 Å². The van der Waals surface area contributed by atoms with Crippen LogP contribution in [-0.4, -0.2) is 15.7 Å². The second-order valence-electron chi connectivity index (χ2n) is 6.97. The van der Waals surface area contributed by atoms with Crippen molar-refractivity contribution in [2.45, 2.75) is 44.8 Å². The molecule has 0 bridgehead atoms. The number of fused-ring (bicyclic) bond motifs is 1. The number of aromatic nitrogens is 2. The molecular formula is C21H22F2N2O2. The van der Waals surface area contributed by atoms with Gasteiger partial charge in [-0.25, -0.2) is 8.78 Å². The molecule has 1 saturated carbocycles. The van der Waals surface area contributed by atoms with Crippen LogP contribution < -0.4 is 9.47 Å². The minimum absolute atomic E-state index is 0.0344. The molecule has 27 heavy (non-hydrogen) atoms. The van der Waals surface area contributed by atoms with Crippen molar-refractivity contribution < 1.29 is 18.3 Å². The number of hydrogen-bond acceptors (Lipinski definition) is 3. The van der Waals surface area contributed by atoms with Gasteiger partial charge in [0.1, 0.15) is 23.7 Å². The van der Waals surface area contributed by atoms with E-state index in [-0.39, 0.29) is 35.5 Å². The van der Waals surface area contributed by atoms with Gasteiger partial charge in [0, 0.05) is 13.1 Å². The first kappa shape index (κ1) is 17.8. The Morgan fingerprint density at radius 1 is 1.11 bits per heavy atom. The molecule has 1 fully saturated rings. The van der Waals surface area contributed by atoms with Gasteiger partial charge in [0.05, 0.1) is 0 Å². The van der Waals surface area contributed by atoms with E-state index in [1.807, 2.05) is 30.3 Å². The molecule has 6 heteroatoms. The van der Waals surface area contributed by atoms with Gasteiger partial charge in [0.25, 0.3) is 6.01 Å². The van der Waals surface area contributed by atoms with E-state index in [1.54, 1.807) is 7.05 Å². The van der Waals surface area contributed by atoms with Crippen LogP contribution in [-0.2, 0) is 13.7 Å². The van der Waals surface area contributed by atoms with Crippen LogP contribution in [0.5, 0.6) is 11.8 Å². The Balaban J connectivity index is 1.62. The van der Waals surface area contributed by atoms with E-state index in [1.165, 1.54) is 11.0 Å². The van der Waals surface area contributed by atoms with Gasteiger partial charge < -0.3 is 9.47 Å². The highest BCUT2D eigenvalue weighted by Gasteiger charge is 2.23. The number of hydrogen-bond donors (Lipinski definition) is 0. The zero-order valence-electron chi connectivity index (χ0n) is 15.3. The molecule has 3 aromatic rings. The quantitative estimate of drug-likeness (QED) is 0.622. The molecule has 2 aromatic carbocycles. The summed E-state index contributed by atoms with van der Waals surface area (Å²) in [7, 11) is 1.64. The van der Waals surface area contributed by atoms with Crippen LogP contribution in [0.15, 0.2) is 36.4 Å². The maximum Gasteiger partial charge on any atom is 0.297 e. The fourth-order valence-electron chi connectivity index (χ4n) is 3.54. The third-order valence-corrected chi connectivity index (χ3v) is 5.02. The van der Waals surface area contributed by atoms with E-state index in [0.29, 0.717) is 0 Å². The molecular weight excluding hydrogens is 350 g/mol. The lowest BCUT2D eigenvalue weighted by molar-refractivity contribution is 0.138. The summed E-state index contributed by atoms with van der Waals surface area (Å²) >= 11 is 0. The van der Waals surface area contributed by atoms with Gasteiger partial charge >= 0.3 is 0 Å². The zero-order chi connectivity index (χ0) is 18.8. The minimum atomic E-state index is -0.629. The molecule has 142 valence electrons. The first-order valence-corrected chi connectivity index (χ1v) is 9.31. The molecule has 0 unspecified atom stereocenters. The maximum absolute atomic E-state index is 15.0. The Bertz CT molecular complexity index is 934. The van der Waals surface area contributed by atoms with Crippen molar-refractivity contribution in [3.63, 3.8) is 0 Å². The summed E-state index contributed by atoms with van der Waals surface area (Å²) in [6.07, 6.45) is 5.35. The van der Waals surface area contributed by atoms with Crippen LogP contribution in [0.3, 0.4) is 0 Å². The molecule has 1 aliphatic carbocycles. The van der Waals surface area contributed by atoms with E-state index in [9.17, 15) is 8.78 Å². The normalized spacial score (nSPS) is 15.2. The van der Waals surface area contributed by atoms with E-state index < -0.39 is 11.6 Å². The molecule has 1 heterocycles. The van der Waals surface area contributed by atoms with Crippen LogP contribution >= 0.6 is 0 Å². The average molecular weight is 372 g/mol. The van der Waals surface area contributed by atoms with E-state index >= 15 is 0 Å². The van der Waals surface area contributed by atoms with E-state index in [4.69, 9.17) is 9.47 Å². The van der Waals surface area contributed by atoms with Crippen molar-refractivity contribution in [1.82, 2.24) is 9.55 Å². The number of halogens is 2. The van der Waals surface area contributed by atoms with Crippen LogP contribution in [0.4, 0.5) is 8.78 Å². The fourth-order valence-corrected chi connectivity index (χ4v) is 3.54. The lowest BCUT2D eigenvalue weighted by Crippen LogP contribution is -2.21. The monoisotopic (exact) mass is 372 g/mol. The second-order valence-corrected chi connectivity index (χ2v) is 6.97. The van der Waals surface area contributed by atoms with Crippen LogP contribution in [0.25, 0.3) is 11.0 Å². The first-order chi connectivity index (χ1) is 13.1. The lowest BCUT2D eigenvalue weighted by atomic mass is 9.98. The Morgan fingerprint density at radius 3 is 2.59 bits per heavy atom. The summed E-state index contributed by atoms with van der Waals surface area (Å²) in [6.45, 7) is 0.159. The standard InChI is InChI=1S/C21H22F2N2O2/c1-25-20-18(23)17(26-13-14-8-4-2-5-9-14)12-16(22)19(20)24-21(25)27-15-10-6-3-7-11-15/h2,4-5,8-9,12,15H,3,6-7,10-11,13H2,1H3.